The highest BCUT2D eigenvalue weighted by atomic mass is 15.3. The first-order valence-electron chi connectivity index (χ1n) is 5.53. The SMILES string of the molecule is CCN(c1ncc(N)cn1)C(C)CN(C)C. The molecule has 1 rings (SSSR count). The lowest BCUT2D eigenvalue weighted by Gasteiger charge is -2.29. The summed E-state index contributed by atoms with van der Waals surface area (Å²) < 4.78 is 0. The molecule has 0 aliphatic carbocycles. The lowest BCUT2D eigenvalue weighted by molar-refractivity contribution is 0.371. The summed E-state index contributed by atoms with van der Waals surface area (Å²) in [7, 11) is 4.13. The summed E-state index contributed by atoms with van der Waals surface area (Å²) in [6.45, 7) is 6.13. The van der Waals surface area contributed by atoms with Crippen molar-refractivity contribution in [3.63, 3.8) is 0 Å². The van der Waals surface area contributed by atoms with Gasteiger partial charge >= 0.3 is 0 Å². The number of anilines is 2. The molecule has 0 aliphatic rings. The Hall–Kier alpha value is -1.36. The average molecular weight is 223 g/mol. The molecule has 1 unspecified atom stereocenters. The smallest absolute Gasteiger partial charge is 0.225 e. The second kappa shape index (κ2) is 5.65. The number of likely N-dealkylation sites (N-methyl/N-ethyl adjacent to an activating group) is 2. The summed E-state index contributed by atoms with van der Waals surface area (Å²) in [5.74, 6) is 0.742. The molecule has 1 aromatic rings. The highest BCUT2D eigenvalue weighted by molar-refractivity contribution is 5.38. The highest BCUT2D eigenvalue weighted by Crippen LogP contribution is 2.11. The van der Waals surface area contributed by atoms with Crippen molar-refractivity contribution >= 4 is 11.6 Å². The predicted octanol–water partition coefficient (Wildman–Crippen LogP) is 0.835. The first kappa shape index (κ1) is 12.7. The van der Waals surface area contributed by atoms with Crippen LogP contribution in [-0.4, -0.2) is 48.1 Å². The zero-order valence-electron chi connectivity index (χ0n) is 10.5. The number of nitrogens with two attached hydrogens (primary N) is 1. The molecule has 0 spiro atoms. The standard InChI is InChI=1S/C11H21N5/c1-5-16(9(2)8-15(3)4)11-13-6-10(12)7-14-11/h6-7,9H,5,8,12H2,1-4H3. The minimum atomic E-state index is 0.378. The van der Waals surface area contributed by atoms with Crippen molar-refractivity contribution in [2.45, 2.75) is 19.9 Å². The van der Waals surface area contributed by atoms with Crippen LogP contribution >= 0.6 is 0 Å². The molecule has 0 amide bonds. The molecule has 5 nitrogen and oxygen atoms in total. The molecular weight excluding hydrogens is 202 g/mol. The summed E-state index contributed by atoms with van der Waals surface area (Å²) in [5.41, 5.74) is 6.17. The van der Waals surface area contributed by atoms with Gasteiger partial charge in [0.1, 0.15) is 0 Å². The van der Waals surface area contributed by atoms with E-state index in [0.717, 1.165) is 19.0 Å². The van der Waals surface area contributed by atoms with Crippen LogP contribution in [0.2, 0.25) is 0 Å². The zero-order chi connectivity index (χ0) is 12.1. The maximum absolute atomic E-state index is 5.57. The van der Waals surface area contributed by atoms with Gasteiger partial charge in [-0.25, -0.2) is 9.97 Å². The van der Waals surface area contributed by atoms with E-state index in [1.54, 1.807) is 12.4 Å². The molecule has 2 N–H and O–H groups in total. The quantitative estimate of drug-likeness (QED) is 0.801. The molecule has 1 heterocycles. The Labute approximate surface area is 97.3 Å². The van der Waals surface area contributed by atoms with Crippen LogP contribution in [0.5, 0.6) is 0 Å². The molecule has 0 radical (unpaired) electrons. The van der Waals surface area contributed by atoms with Crippen LogP contribution in [-0.2, 0) is 0 Å². The third kappa shape index (κ3) is 3.34. The largest absolute Gasteiger partial charge is 0.396 e. The van der Waals surface area contributed by atoms with E-state index in [9.17, 15) is 0 Å². The van der Waals surface area contributed by atoms with E-state index >= 15 is 0 Å². The van der Waals surface area contributed by atoms with Gasteiger partial charge in [0, 0.05) is 19.1 Å². The average Bonchev–Trinajstić information content (AvgIpc) is 2.21. The molecule has 0 bridgehead atoms. The van der Waals surface area contributed by atoms with E-state index in [2.05, 4.69) is 47.7 Å². The second-order valence-electron chi connectivity index (χ2n) is 4.21. The van der Waals surface area contributed by atoms with Crippen LogP contribution in [0, 0.1) is 0 Å². The van der Waals surface area contributed by atoms with Crippen LogP contribution in [0.25, 0.3) is 0 Å². The number of aromatic nitrogens is 2. The van der Waals surface area contributed by atoms with Gasteiger partial charge in [0.2, 0.25) is 5.95 Å². The van der Waals surface area contributed by atoms with Crippen molar-refractivity contribution in [2.24, 2.45) is 0 Å². The van der Waals surface area contributed by atoms with E-state index in [4.69, 9.17) is 5.73 Å². The maximum Gasteiger partial charge on any atom is 0.225 e. The Morgan fingerprint density at radius 1 is 1.31 bits per heavy atom. The van der Waals surface area contributed by atoms with Gasteiger partial charge in [0.15, 0.2) is 0 Å². The van der Waals surface area contributed by atoms with Gasteiger partial charge in [-0.1, -0.05) is 0 Å². The van der Waals surface area contributed by atoms with E-state index in [0.29, 0.717) is 11.7 Å². The topological polar surface area (TPSA) is 58.3 Å². The van der Waals surface area contributed by atoms with Gasteiger partial charge in [0.05, 0.1) is 18.1 Å². The minimum Gasteiger partial charge on any atom is -0.396 e. The molecule has 0 aliphatic heterocycles. The molecular formula is C11H21N5. The first-order chi connectivity index (χ1) is 7.54. The number of hydrogen-bond acceptors (Lipinski definition) is 5. The summed E-state index contributed by atoms with van der Waals surface area (Å²) >= 11 is 0. The summed E-state index contributed by atoms with van der Waals surface area (Å²) in [6.07, 6.45) is 3.29. The fourth-order valence-electron chi connectivity index (χ4n) is 1.76. The van der Waals surface area contributed by atoms with Gasteiger partial charge in [-0.3, -0.25) is 0 Å². The van der Waals surface area contributed by atoms with E-state index in [-0.39, 0.29) is 0 Å². The van der Waals surface area contributed by atoms with E-state index in [1.165, 1.54) is 0 Å². The van der Waals surface area contributed by atoms with Crippen LogP contribution < -0.4 is 10.6 Å². The van der Waals surface area contributed by atoms with Crippen molar-refractivity contribution in [2.75, 3.05) is 37.8 Å². The van der Waals surface area contributed by atoms with Gasteiger partial charge < -0.3 is 15.5 Å². The number of hydrogen-bond donors (Lipinski definition) is 1. The summed E-state index contributed by atoms with van der Waals surface area (Å²) in [4.78, 5) is 12.8. The van der Waals surface area contributed by atoms with Crippen molar-refractivity contribution in [1.29, 1.82) is 0 Å². The second-order valence-corrected chi connectivity index (χ2v) is 4.21. The van der Waals surface area contributed by atoms with Crippen molar-refractivity contribution in [3.8, 4) is 0 Å². The maximum atomic E-state index is 5.57. The molecule has 5 heteroatoms. The zero-order valence-corrected chi connectivity index (χ0v) is 10.5. The van der Waals surface area contributed by atoms with Crippen LogP contribution in [0.1, 0.15) is 13.8 Å². The van der Waals surface area contributed by atoms with Crippen LogP contribution in [0.3, 0.4) is 0 Å². The predicted molar refractivity (Wildman–Crippen MR) is 67.5 cm³/mol. The van der Waals surface area contributed by atoms with Gasteiger partial charge in [-0.2, -0.15) is 0 Å². The van der Waals surface area contributed by atoms with Crippen molar-refractivity contribution in [3.05, 3.63) is 12.4 Å². The monoisotopic (exact) mass is 223 g/mol. The van der Waals surface area contributed by atoms with Gasteiger partial charge in [-0.05, 0) is 27.9 Å². The Bertz CT molecular complexity index is 309. The Morgan fingerprint density at radius 2 is 1.88 bits per heavy atom. The fourth-order valence-corrected chi connectivity index (χ4v) is 1.76. The third-order valence-corrected chi connectivity index (χ3v) is 2.42. The Kier molecular flexibility index (Phi) is 4.49. The molecule has 1 aromatic heterocycles. The lowest BCUT2D eigenvalue weighted by atomic mass is 10.3. The van der Waals surface area contributed by atoms with Crippen molar-refractivity contribution in [1.82, 2.24) is 14.9 Å². The molecule has 16 heavy (non-hydrogen) atoms. The van der Waals surface area contributed by atoms with Crippen LogP contribution in [0.15, 0.2) is 12.4 Å². The first-order valence-corrected chi connectivity index (χ1v) is 5.53. The Morgan fingerprint density at radius 3 is 2.31 bits per heavy atom. The van der Waals surface area contributed by atoms with E-state index in [1.807, 2.05) is 0 Å². The number of rotatable bonds is 5. The summed E-state index contributed by atoms with van der Waals surface area (Å²) in [5, 5.41) is 0. The molecule has 0 aromatic carbocycles. The molecule has 0 saturated heterocycles. The molecule has 0 saturated carbocycles. The van der Waals surface area contributed by atoms with Gasteiger partial charge in [0.25, 0.3) is 0 Å². The molecule has 0 fully saturated rings. The van der Waals surface area contributed by atoms with Crippen molar-refractivity contribution < 1.29 is 0 Å². The number of nitrogen functional groups attached to an aromatic ring is 1. The highest BCUT2D eigenvalue weighted by Gasteiger charge is 2.15. The van der Waals surface area contributed by atoms with E-state index < -0.39 is 0 Å². The van der Waals surface area contributed by atoms with Gasteiger partial charge in [-0.15, -0.1) is 0 Å². The fraction of sp³-hybridized carbons (Fsp3) is 0.636. The third-order valence-electron chi connectivity index (χ3n) is 2.42. The molecule has 1 atom stereocenters. The minimum absolute atomic E-state index is 0.378. The summed E-state index contributed by atoms with van der Waals surface area (Å²) in [6, 6.07) is 0.378. The van der Waals surface area contributed by atoms with Crippen LogP contribution in [0.4, 0.5) is 11.6 Å². The normalized spacial score (nSPS) is 12.8. The Balaban J connectivity index is 2.77. The number of nitrogens with zero attached hydrogens (tertiary/aromatic N) is 4. The lowest BCUT2D eigenvalue weighted by Crippen LogP contribution is -2.41. The molecule has 90 valence electrons.